The van der Waals surface area contributed by atoms with Crippen molar-refractivity contribution in [2.45, 2.75) is 90.3 Å². The Hall–Kier alpha value is -2.42. The fourth-order valence-electron chi connectivity index (χ4n) is 3.01. The van der Waals surface area contributed by atoms with Gasteiger partial charge in [0, 0.05) is 18.0 Å². The standard InChI is InChI=1S/C21H33N3O.C2HF3O2/c1-3-4-5-6-7-8-9-10-11-18-12-14-19(15-13-18)21-23-20(25-24-21)16-17(2)22;3-2(4,5)1(6)7/h12-15,17H,3-11,16,22H2,1-2H3;(H,6,7)/t17-;/m0./s1. The van der Waals surface area contributed by atoms with Crippen LogP contribution >= 0.6 is 0 Å². The van der Waals surface area contributed by atoms with Crippen LogP contribution in [0.15, 0.2) is 28.8 Å². The molecular formula is C23H34F3N3O3. The molecule has 0 aliphatic rings. The minimum Gasteiger partial charge on any atom is -0.475 e. The molecule has 3 N–H and O–H groups in total. The third-order valence-electron chi connectivity index (χ3n) is 4.74. The molecule has 0 saturated heterocycles. The minimum atomic E-state index is -5.08. The number of hydrogen-bond donors (Lipinski definition) is 2. The molecule has 0 unspecified atom stereocenters. The van der Waals surface area contributed by atoms with Gasteiger partial charge in [0.15, 0.2) is 0 Å². The summed E-state index contributed by atoms with van der Waals surface area (Å²) in [7, 11) is 0. The first-order valence-electron chi connectivity index (χ1n) is 11.1. The van der Waals surface area contributed by atoms with Crippen molar-refractivity contribution in [2.24, 2.45) is 5.73 Å². The number of rotatable bonds is 12. The average molecular weight is 458 g/mol. The lowest BCUT2D eigenvalue weighted by molar-refractivity contribution is -0.192. The maximum absolute atomic E-state index is 10.6. The van der Waals surface area contributed by atoms with Crippen LogP contribution < -0.4 is 5.73 Å². The monoisotopic (exact) mass is 457 g/mol. The number of aryl methyl sites for hydroxylation is 1. The van der Waals surface area contributed by atoms with Crippen LogP contribution in [0.25, 0.3) is 11.4 Å². The maximum atomic E-state index is 10.6. The molecule has 0 bridgehead atoms. The Balaban J connectivity index is 0.000000633. The van der Waals surface area contributed by atoms with E-state index >= 15 is 0 Å². The molecular weight excluding hydrogens is 423 g/mol. The second-order valence-corrected chi connectivity index (χ2v) is 7.92. The third kappa shape index (κ3) is 11.8. The number of hydrogen-bond acceptors (Lipinski definition) is 5. The number of aromatic nitrogens is 2. The zero-order valence-corrected chi connectivity index (χ0v) is 18.8. The number of benzene rings is 1. The quantitative estimate of drug-likeness (QED) is 0.382. The Morgan fingerprint density at radius 3 is 2.09 bits per heavy atom. The summed E-state index contributed by atoms with van der Waals surface area (Å²) >= 11 is 0. The number of carboxylic acid groups (broad SMARTS) is 1. The Kier molecular flexibility index (Phi) is 12.6. The molecule has 0 amide bonds. The zero-order valence-electron chi connectivity index (χ0n) is 18.8. The minimum absolute atomic E-state index is 0.0299. The van der Waals surface area contributed by atoms with Gasteiger partial charge in [0.25, 0.3) is 0 Å². The summed E-state index contributed by atoms with van der Waals surface area (Å²) in [5.74, 6) is -1.50. The van der Waals surface area contributed by atoms with Crippen LogP contribution in [-0.2, 0) is 17.6 Å². The van der Waals surface area contributed by atoms with Crippen LogP contribution in [0.5, 0.6) is 0 Å². The van der Waals surface area contributed by atoms with Crippen LogP contribution in [0.4, 0.5) is 13.2 Å². The van der Waals surface area contributed by atoms with Gasteiger partial charge in [-0.3, -0.25) is 0 Å². The van der Waals surface area contributed by atoms with Crippen molar-refractivity contribution in [3.63, 3.8) is 0 Å². The molecule has 1 aromatic carbocycles. The van der Waals surface area contributed by atoms with Crippen LogP contribution in [-0.4, -0.2) is 33.4 Å². The molecule has 180 valence electrons. The summed E-state index contributed by atoms with van der Waals surface area (Å²) < 4.78 is 37.0. The Labute approximate surface area is 187 Å². The third-order valence-corrected chi connectivity index (χ3v) is 4.74. The largest absolute Gasteiger partial charge is 0.490 e. The highest BCUT2D eigenvalue weighted by Gasteiger charge is 2.38. The molecule has 1 heterocycles. The lowest BCUT2D eigenvalue weighted by Gasteiger charge is -2.03. The van der Waals surface area contributed by atoms with Gasteiger partial charge in [0.1, 0.15) is 0 Å². The molecule has 2 rings (SSSR count). The first kappa shape index (κ1) is 27.6. The van der Waals surface area contributed by atoms with Crippen LogP contribution in [0.1, 0.15) is 76.7 Å². The summed E-state index contributed by atoms with van der Waals surface area (Å²) in [6.45, 7) is 4.20. The SMILES string of the molecule is CCCCCCCCCCc1ccc(-c2noc(C[C@H](C)N)n2)cc1.O=C(O)C(F)(F)F. The highest BCUT2D eigenvalue weighted by atomic mass is 19.4. The number of nitrogens with zero attached hydrogens (tertiary/aromatic N) is 2. The molecule has 9 heteroatoms. The summed E-state index contributed by atoms with van der Waals surface area (Å²) in [6.07, 6.45) is 7.56. The highest BCUT2D eigenvalue weighted by molar-refractivity contribution is 5.73. The molecule has 0 saturated carbocycles. The van der Waals surface area contributed by atoms with Crippen molar-refractivity contribution >= 4 is 5.97 Å². The Morgan fingerprint density at radius 1 is 1.06 bits per heavy atom. The topological polar surface area (TPSA) is 102 Å². The predicted octanol–water partition coefficient (Wildman–Crippen LogP) is 5.94. The van der Waals surface area contributed by atoms with E-state index in [1.165, 1.54) is 56.9 Å². The number of nitrogens with two attached hydrogens (primary N) is 1. The first-order valence-corrected chi connectivity index (χ1v) is 11.1. The van der Waals surface area contributed by atoms with Crippen LogP contribution in [0.2, 0.25) is 0 Å². The maximum Gasteiger partial charge on any atom is 0.490 e. The first-order chi connectivity index (χ1) is 15.1. The van der Waals surface area contributed by atoms with Gasteiger partial charge in [-0.1, -0.05) is 81.3 Å². The second kappa shape index (κ2) is 14.6. The lowest BCUT2D eigenvalue weighted by Crippen LogP contribution is -2.21. The molecule has 0 spiro atoms. The van der Waals surface area contributed by atoms with E-state index in [2.05, 4.69) is 41.3 Å². The zero-order chi connectivity index (χ0) is 24.0. The average Bonchev–Trinajstić information content (AvgIpc) is 3.18. The van der Waals surface area contributed by atoms with Gasteiger partial charge in [-0.25, -0.2) is 4.79 Å². The van der Waals surface area contributed by atoms with Crippen LogP contribution in [0.3, 0.4) is 0 Å². The molecule has 1 atom stereocenters. The molecule has 0 radical (unpaired) electrons. The molecule has 0 aliphatic heterocycles. The summed E-state index contributed by atoms with van der Waals surface area (Å²) in [5, 5.41) is 11.2. The van der Waals surface area contributed by atoms with Gasteiger partial charge < -0.3 is 15.4 Å². The van der Waals surface area contributed by atoms with Crippen molar-refractivity contribution in [3.8, 4) is 11.4 Å². The number of halogens is 3. The predicted molar refractivity (Wildman–Crippen MR) is 117 cm³/mol. The summed E-state index contributed by atoms with van der Waals surface area (Å²) in [6, 6.07) is 8.56. The summed E-state index contributed by atoms with van der Waals surface area (Å²) in [5.41, 5.74) is 8.15. The van der Waals surface area contributed by atoms with E-state index < -0.39 is 12.1 Å². The van der Waals surface area contributed by atoms with Gasteiger partial charge in [-0.15, -0.1) is 0 Å². The van der Waals surface area contributed by atoms with Crippen molar-refractivity contribution in [1.82, 2.24) is 10.1 Å². The molecule has 0 aliphatic carbocycles. The van der Waals surface area contributed by atoms with Crippen molar-refractivity contribution in [1.29, 1.82) is 0 Å². The van der Waals surface area contributed by atoms with Crippen molar-refractivity contribution in [2.75, 3.05) is 0 Å². The lowest BCUT2D eigenvalue weighted by atomic mass is 10.0. The van der Waals surface area contributed by atoms with E-state index in [0.717, 1.165) is 12.0 Å². The fraction of sp³-hybridized carbons (Fsp3) is 0.609. The van der Waals surface area contributed by atoms with E-state index in [1.54, 1.807) is 0 Å². The molecule has 0 fully saturated rings. The van der Waals surface area contributed by atoms with E-state index in [9.17, 15) is 13.2 Å². The second-order valence-electron chi connectivity index (χ2n) is 7.92. The number of aliphatic carboxylic acids is 1. The molecule has 32 heavy (non-hydrogen) atoms. The van der Waals surface area contributed by atoms with Gasteiger partial charge >= 0.3 is 12.1 Å². The van der Waals surface area contributed by atoms with Crippen molar-refractivity contribution < 1.29 is 27.6 Å². The van der Waals surface area contributed by atoms with Crippen LogP contribution in [0, 0.1) is 0 Å². The van der Waals surface area contributed by atoms with Gasteiger partial charge in [0.05, 0.1) is 0 Å². The van der Waals surface area contributed by atoms with E-state index in [1.807, 2.05) is 6.92 Å². The summed E-state index contributed by atoms with van der Waals surface area (Å²) in [4.78, 5) is 13.3. The molecule has 1 aromatic heterocycles. The Bertz CT molecular complexity index is 775. The van der Waals surface area contributed by atoms with Gasteiger partial charge in [-0.2, -0.15) is 18.2 Å². The van der Waals surface area contributed by atoms with Gasteiger partial charge in [-0.05, 0) is 25.3 Å². The van der Waals surface area contributed by atoms with E-state index in [0.29, 0.717) is 18.1 Å². The molecule has 2 aromatic rings. The highest BCUT2D eigenvalue weighted by Crippen LogP contribution is 2.18. The number of alkyl halides is 3. The number of unbranched alkanes of at least 4 members (excludes halogenated alkanes) is 7. The van der Waals surface area contributed by atoms with Gasteiger partial charge in [0.2, 0.25) is 11.7 Å². The Morgan fingerprint density at radius 2 is 1.59 bits per heavy atom. The van der Waals surface area contributed by atoms with E-state index in [4.69, 9.17) is 20.2 Å². The van der Waals surface area contributed by atoms with E-state index in [-0.39, 0.29) is 6.04 Å². The molecule has 6 nitrogen and oxygen atoms in total. The van der Waals surface area contributed by atoms with Crippen molar-refractivity contribution in [3.05, 3.63) is 35.7 Å². The fourth-order valence-corrected chi connectivity index (χ4v) is 3.01. The normalized spacial score (nSPS) is 12.2. The smallest absolute Gasteiger partial charge is 0.475 e. The number of carbonyl (C=O) groups is 1. The number of carboxylic acids is 1.